The van der Waals surface area contributed by atoms with Crippen LogP contribution in [0.2, 0.25) is 13.1 Å². The van der Waals surface area contributed by atoms with E-state index >= 15 is 0 Å². The van der Waals surface area contributed by atoms with Crippen LogP contribution in [-0.2, 0) is 5.41 Å². The molecule has 0 aliphatic carbocycles. The molecule has 0 radical (unpaired) electrons. The largest absolute Gasteiger partial charge is 0.535 e. The quantitative estimate of drug-likeness (QED) is 0.104. The molecule has 4 heterocycles. The Kier molecular flexibility index (Phi) is 7.28. The van der Waals surface area contributed by atoms with Crippen molar-refractivity contribution in [2.75, 3.05) is 4.81 Å². The molecule has 52 heavy (non-hydrogen) atoms. The standard InChI is InChI=1S/C44H41BN4O2Si/c1-29-14-11-15-30(2)41(29)45-49(43-38(51-45)19-13-23-46-43)33-24-31(44(3,4)5)25-35(26-33)50-34-21-22-39-37(27-34)48-28-47(32-16-9-8-10-17-32)36-18-12-20-40(42(36)48)52(39,6)7/h8-27H,1-7H3. The number of para-hydroxylation sites is 2. The lowest BCUT2D eigenvalue weighted by Gasteiger charge is -2.32. The maximum atomic E-state index is 6.89. The Bertz CT molecular complexity index is 2520. The molecule has 0 fully saturated rings. The van der Waals surface area contributed by atoms with E-state index in [0.717, 1.165) is 56.7 Å². The number of anilines is 2. The first-order valence-electron chi connectivity index (χ1n) is 18.0. The Labute approximate surface area is 307 Å². The lowest BCUT2D eigenvalue weighted by Crippen LogP contribution is -2.57. The maximum absolute atomic E-state index is 6.89. The van der Waals surface area contributed by atoms with Crippen molar-refractivity contribution >= 4 is 53.5 Å². The van der Waals surface area contributed by atoms with E-state index in [-0.39, 0.29) is 12.5 Å². The van der Waals surface area contributed by atoms with Gasteiger partial charge in [0.1, 0.15) is 25.3 Å². The zero-order valence-corrected chi connectivity index (χ0v) is 31.7. The third-order valence-electron chi connectivity index (χ3n) is 10.8. The van der Waals surface area contributed by atoms with E-state index in [4.69, 9.17) is 14.4 Å². The molecule has 7 aromatic rings. The molecule has 0 bridgehead atoms. The summed E-state index contributed by atoms with van der Waals surface area (Å²) in [7, 11) is -2.41. The van der Waals surface area contributed by atoms with Gasteiger partial charge in [-0.25, -0.2) is 4.98 Å². The Morgan fingerprint density at radius 3 is 2.33 bits per heavy atom. The highest BCUT2D eigenvalue weighted by Gasteiger charge is 2.43. The highest BCUT2D eigenvalue weighted by molar-refractivity contribution is 7.02. The maximum Gasteiger partial charge on any atom is 0.526 e. The molecule has 5 aromatic carbocycles. The fourth-order valence-electron chi connectivity index (χ4n) is 7.99. The van der Waals surface area contributed by atoms with Gasteiger partial charge in [-0.3, -0.25) is 9.13 Å². The minimum Gasteiger partial charge on any atom is -0.535 e. The SMILES string of the molecule is Cc1cccc(C)c1B1Oc2cccnc2N1c1cc(Oc2ccc3c(c2)-n2[c-][n+](-c4ccccc4)c4cccc(c42)[Si]3(C)C)cc(C(C)(C)C)c1. The van der Waals surface area contributed by atoms with Gasteiger partial charge < -0.3 is 14.2 Å². The van der Waals surface area contributed by atoms with E-state index in [1.54, 1.807) is 0 Å². The number of pyridine rings is 1. The number of hydrogen-bond acceptors (Lipinski definition) is 4. The fraction of sp³-hybridized carbons (Fsp3) is 0.182. The first-order chi connectivity index (χ1) is 25.0. The zero-order chi connectivity index (χ0) is 35.9. The molecule has 0 spiro atoms. The van der Waals surface area contributed by atoms with Gasteiger partial charge in [0.05, 0.1) is 22.4 Å². The molecule has 6 nitrogen and oxygen atoms in total. The molecule has 0 amide bonds. The third-order valence-corrected chi connectivity index (χ3v) is 14.3. The summed E-state index contributed by atoms with van der Waals surface area (Å²) in [5.74, 6) is 3.11. The monoisotopic (exact) mass is 696 g/mol. The van der Waals surface area contributed by atoms with Crippen LogP contribution in [0.3, 0.4) is 0 Å². The van der Waals surface area contributed by atoms with Crippen LogP contribution in [0, 0.1) is 20.2 Å². The van der Waals surface area contributed by atoms with E-state index in [0.29, 0.717) is 0 Å². The topological polar surface area (TPSA) is 43.4 Å². The van der Waals surface area contributed by atoms with Crippen LogP contribution >= 0.6 is 0 Å². The van der Waals surface area contributed by atoms with Crippen LogP contribution in [0.15, 0.2) is 121 Å². The Hall–Kier alpha value is -5.60. The van der Waals surface area contributed by atoms with Crippen LogP contribution in [0.5, 0.6) is 17.2 Å². The molecule has 0 unspecified atom stereocenters. The van der Waals surface area contributed by atoms with E-state index in [9.17, 15) is 0 Å². The number of ether oxygens (including phenoxy) is 1. The Morgan fingerprint density at radius 2 is 1.56 bits per heavy atom. The second-order valence-electron chi connectivity index (χ2n) is 15.6. The number of benzene rings is 5. The van der Waals surface area contributed by atoms with Gasteiger partial charge in [-0.2, -0.15) is 0 Å². The zero-order valence-electron chi connectivity index (χ0n) is 30.7. The third kappa shape index (κ3) is 5.07. The molecule has 2 aliphatic heterocycles. The number of nitrogens with zero attached hydrogens (tertiary/aromatic N) is 4. The molecule has 9 rings (SSSR count). The van der Waals surface area contributed by atoms with E-state index in [1.165, 1.54) is 27.0 Å². The smallest absolute Gasteiger partial charge is 0.526 e. The van der Waals surface area contributed by atoms with E-state index in [2.05, 4.69) is 171 Å². The molecule has 0 N–H and O–H groups in total. The van der Waals surface area contributed by atoms with E-state index in [1.807, 2.05) is 18.3 Å². The van der Waals surface area contributed by atoms with Crippen molar-refractivity contribution in [2.24, 2.45) is 0 Å². The number of rotatable bonds is 5. The van der Waals surface area contributed by atoms with Crippen molar-refractivity contribution in [3.8, 4) is 28.6 Å². The van der Waals surface area contributed by atoms with Gasteiger partial charge in [0, 0.05) is 18.0 Å². The molecule has 2 aromatic heterocycles. The molecular weight excluding hydrogens is 655 g/mol. The number of fused-ring (bicyclic) bond motifs is 3. The molecule has 8 heteroatoms. The molecule has 0 saturated heterocycles. The van der Waals surface area contributed by atoms with Gasteiger partial charge in [0.2, 0.25) is 0 Å². The van der Waals surface area contributed by atoms with Crippen molar-refractivity contribution in [3.63, 3.8) is 0 Å². The lowest BCUT2D eigenvalue weighted by molar-refractivity contribution is -0.572. The second-order valence-corrected chi connectivity index (χ2v) is 19.9. The first-order valence-corrected chi connectivity index (χ1v) is 21.0. The number of hydrogen-bond donors (Lipinski definition) is 0. The summed E-state index contributed by atoms with van der Waals surface area (Å²) in [4.78, 5) is 7.06. The molecule has 0 atom stereocenters. The summed E-state index contributed by atoms with van der Waals surface area (Å²) in [5, 5.41) is 2.78. The van der Waals surface area contributed by atoms with Gasteiger partial charge in [0.15, 0.2) is 5.82 Å². The highest BCUT2D eigenvalue weighted by atomic mass is 28.3. The second kappa shape index (κ2) is 11.7. The minimum absolute atomic E-state index is 0.137. The van der Waals surface area contributed by atoms with Gasteiger partial charge in [-0.15, -0.1) is 0 Å². The summed E-state index contributed by atoms with van der Waals surface area (Å²) in [6.45, 7) is 15.9. The predicted octanol–water partition coefficient (Wildman–Crippen LogP) is 7.87. The number of aryl methyl sites for hydroxylation is 2. The van der Waals surface area contributed by atoms with E-state index < -0.39 is 8.07 Å². The minimum atomic E-state index is -2.05. The van der Waals surface area contributed by atoms with Crippen molar-refractivity contribution in [1.82, 2.24) is 9.55 Å². The van der Waals surface area contributed by atoms with Gasteiger partial charge in [-0.05, 0) is 89.2 Å². The normalized spacial score (nSPS) is 14.3. The number of imidazole rings is 1. The van der Waals surface area contributed by atoms with Crippen LogP contribution < -0.4 is 34.6 Å². The predicted molar refractivity (Wildman–Crippen MR) is 214 cm³/mol. The lowest BCUT2D eigenvalue weighted by atomic mass is 9.67. The van der Waals surface area contributed by atoms with Crippen LogP contribution in [-0.4, -0.2) is 24.7 Å². The summed E-state index contributed by atoms with van der Waals surface area (Å²) in [6.07, 6.45) is 5.55. The van der Waals surface area contributed by atoms with Gasteiger partial charge >= 0.3 is 7.05 Å². The first kappa shape index (κ1) is 32.3. The average molecular weight is 697 g/mol. The average Bonchev–Trinajstić information content (AvgIpc) is 3.70. The van der Waals surface area contributed by atoms with Crippen LogP contribution in [0.4, 0.5) is 11.5 Å². The van der Waals surface area contributed by atoms with Crippen molar-refractivity contribution in [1.29, 1.82) is 0 Å². The highest BCUT2D eigenvalue weighted by Crippen LogP contribution is 2.43. The van der Waals surface area contributed by atoms with Crippen molar-refractivity contribution in [3.05, 3.63) is 144 Å². The fourth-order valence-corrected chi connectivity index (χ4v) is 10.9. The molecule has 0 saturated carbocycles. The van der Waals surface area contributed by atoms with Crippen molar-refractivity contribution in [2.45, 2.75) is 53.1 Å². The Balaban J connectivity index is 1.18. The van der Waals surface area contributed by atoms with Crippen LogP contribution in [0.25, 0.3) is 22.4 Å². The van der Waals surface area contributed by atoms with Crippen molar-refractivity contribution < 1.29 is 14.0 Å². The number of aromatic nitrogens is 3. The van der Waals surface area contributed by atoms with Crippen LogP contribution in [0.1, 0.15) is 37.5 Å². The summed E-state index contributed by atoms with van der Waals surface area (Å²) in [5.41, 5.74) is 10.1. The molecule has 2 aliphatic rings. The van der Waals surface area contributed by atoms with Gasteiger partial charge in [-0.1, -0.05) is 106 Å². The summed E-state index contributed by atoms with van der Waals surface area (Å²) >= 11 is 0. The summed E-state index contributed by atoms with van der Waals surface area (Å²) in [6, 6.07) is 40.7. The Morgan fingerprint density at radius 1 is 0.788 bits per heavy atom. The molecule has 256 valence electrons. The molecular formula is C44H41BN4O2Si. The summed E-state index contributed by atoms with van der Waals surface area (Å²) < 4.78 is 18.0. The van der Waals surface area contributed by atoms with Gasteiger partial charge in [0.25, 0.3) is 6.33 Å².